The average molecular weight is 586 g/mol. The maximum absolute atomic E-state index is 13.3. The highest BCUT2D eigenvalue weighted by Gasteiger charge is 2.39. The molecule has 1 N–H and O–H groups in total. The summed E-state index contributed by atoms with van der Waals surface area (Å²) in [6.07, 6.45) is 0.764. The third-order valence-electron chi connectivity index (χ3n) is 8.15. The van der Waals surface area contributed by atoms with E-state index in [2.05, 4.69) is 29.7 Å². The molecule has 6 rings (SSSR count). The fourth-order valence-electron chi connectivity index (χ4n) is 5.88. The number of ether oxygens (including phenoxy) is 3. The fourth-order valence-corrected chi connectivity index (χ4v) is 5.88. The van der Waals surface area contributed by atoms with E-state index in [1.807, 2.05) is 54.6 Å². The summed E-state index contributed by atoms with van der Waals surface area (Å²) in [5.41, 5.74) is 7.78. The van der Waals surface area contributed by atoms with Crippen LogP contribution in [0.15, 0.2) is 78.9 Å². The zero-order valence-corrected chi connectivity index (χ0v) is 23.9. The number of hydroxylamine groups is 1. The maximum atomic E-state index is 13.3. The van der Waals surface area contributed by atoms with Crippen molar-refractivity contribution in [1.29, 1.82) is 0 Å². The second-order valence-electron chi connectivity index (χ2n) is 10.9. The van der Waals surface area contributed by atoms with Gasteiger partial charge in [0.1, 0.15) is 19.3 Å². The molecule has 10 heteroatoms. The van der Waals surface area contributed by atoms with E-state index in [4.69, 9.17) is 19.0 Å². The first-order chi connectivity index (χ1) is 21.1. The molecule has 0 saturated carbocycles. The summed E-state index contributed by atoms with van der Waals surface area (Å²) < 4.78 is 16.9. The minimum Gasteiger partial charge on any atom is -0.448 e. The van der Waals surface area contributed by atoms with Gasteiger partial charge >= 0.3 is 12.2 Å². The molecule has 3 amide bonds. The largest absolute Gasteiger partial charge is 0.448 e. The second-order valence-corrected chi connectivity index (χ2v) is 10.9. The summed E-state index contributed by atoms with van der Waals surface area (Å²) >= 11 is 0. The quantitative estimate of drug-likeness (QED) is 0.396. The van der Waals surface area contributed by atoms with Crippen molar-refractivity contribution in [2.24, 2.45) is 0 Å². The summed E-state index contributed by atoms with van der Waals surface area (Å²) in [6, 6.07) is 24.5. The molecule has 0 radical (unpaired) electrons. The first-order valence-electron chi connectivity index (χ1n) is 14.7. The van der Waals surface area contributed by atoms with Crippen LogP contribution < -0.4 is 5.48 Å². The van der Waals surface area contributed by atoms with E-state index in [1.165, 1.54) is 9.80 Å². The summed E-state index contributed by atoms with van der Waals surface area (Å²) in [5.74, 6) is -0.657. The van der Waals surface area contributed by atoms with Crippen molar-refractivity contribution in [3.05, 3.63) is 95.6 Å². The highest BCUT2D eigenvalue weighted by Crippen LogP contribution is 2.44. The van der Waals surface area contributed by atoms with E-state index >= 15 is 0 Å². The highest BCUT2D eigenvalue weighted by atomic mass is 16.8. The zero-order valence-electron chi connectivity index (χ0n) is 23.9. The Kier molecular flexibility index (Phi) is 8.85. The van der Waals surface area contributed by atoms with Crippen LogP contribution >= 0.6 is 0 Å². The van der Waals surface area contributed by atoms with E-state index in [0.717, 1.165) is 40.7 Å². The Labute approximate surface area is 250 Å². The molecule has 224 valence electrons. The molecule has 3 aromatic rings. The van der Waals surface area contributed by atoms with Gasteiger partial charge in [-0.2, -0.15) is 0 Å². The number of nitrogens with zero attached hydrogens (tertiary/aromatic N) is 2. The molecule has 0 aromatic heterocycles. The molecule has 2 fully saturated rings. The first kappa shape index (κ1) is 28.7. The molecule has 2 heterocycles. The van der Waals surface area contributed by atoms with Gasteiger partial charge in [0.05, 0.1) is 6.54 Å². The Morgan fingerprint density at radius 3 is 2.21 bits per heavy atom. The number of amides is 3. The maximum Gasteiger partial charge on any atom is 0.410 e. The monoisotopic (exact) mass is 585 g/mol. The standard InChI is InChI=1S/C33H35N3O7/c37-31(34-43-30-16-8-9-19-40-30)29-20-35(17-18-36(29)33(39)41-21-23-10-2-1-3-11-23)32(38)42-22-28-26-14-6-4-12-24(26)25-13-5-7-15-27(25)28/h1-7,10-15,28-30H,8-9,16-22H2,(H,34,37)/t29-,30?/m1/s1. The van der Waals surface area contributed by atoms with Crippen LogP contribution in [0.4, 0.5) is 9.59 Å². The van der Waals surface area contributed by atoms with Crippen LogP contribution in [0.1, 0.15) is 41.9 Å². The van der Waals surface area contributed by atoms with E-state index in [-0.39, 0.29) is 38.8 Å². The van der Waals surface area contributed by atoms with E-state index < -0.39 is 30.4 Å². The van der Waals surface area contributed by atoms with Gasteiger partial charge in [-0.1, -0.05) is 78.9 Å². The number of nitrogens with one attached hydrogen (secondary N) is 1. The van der Waals surface area contributed by atoms with Crippen molar-refractivity contribution in [3.63, 3.8) is 0 Å². The molecule has 10 nitrogen and oxygen atoms in total. The SMILES string of the molecule is O=C(NOC1CCCCO1)[C@H]1CN(C(=O)OCC2c3ccccc3-c3ccccc32)CCN1C(=O)OCc1ccccc1. The Hall–Kier alpha value is -4.41. The molecular weight excluding hydrogens is 550 g/mol. The molecular formula is C33H35N3O7. The van der Waals surface area contributed by atoms with Crippen LogP contribution in [-0.2, 0) is 30.4 Å². The number of carbonyl (C=O) groups is 3. The minimum absolute atomic E-state index is 0.0625. The van der Waals surface area contributed by atoms with Crippen LogP contribution in [0.5, 0.6) is 0 Å². The van der Waals surface area contributed by atoms with Crippen molar-refractivity contribution in [1.82, 2.24) is 15.3 Å². The summed E-state index contributed by atoms with van der Waals surface area (Å²) in [5, 5.41) is 0. The van der Waals surface area contributed by atoms with Gasteiger partial charge in [-0.25, -0.2) is 19.9 Å². The fraction of sp³-hybridized carbons (Fsp3) is 0.364. The van der Waals surface area contributed by atoms with Crippen LogP contribution in [0.25, 0.3) is 11.1 Å². The molecule has 0 bridgehead atoms. The Morgan fingerprint density at radius 1 is 0.814 bits per heavy atom. The van der Waals surface area contributed by atoms with Crippen LogP contribution in [0, 0.1) is 0 Å². The Balaban J connectivity index is 1.11. The van der Waals surface area contributed by atoms with Crippen molar-refractivity contribution in [2.75, 3.05) is 32.8 Å². The Bertz CT molecular complexity index is 1400. The van der Waals surface area contributed by atoms with Gasteiger partial charge in [-0.15, -0.1) is 0 Å². The molecule has 3 aromatic carbocycles. The minimum atomic E-state index is -1.04. The predicted molar refractivity (Wildman–Crippen MR) is 157 cm³/mol. The zero-order chi connectivity index (χ0) is 29.6. The average Bonchev–Trinajstić information content (AvgIpc) is 3.39. The van der Waals surface area contributed by atoms with Gasteiger partial charge in [0, 0.05) is 32.0 Å². The highest BCUT2D eigenvalue weighted by molar-refractivity contribution is 5.86. The number of hydrogen-bond acceptors (Lipinski definition) is 7. The normalized spacial score (nSPS) is 19.7. The number of benzene rings is 3. The number of hydrogen-bond donors (Lipinski definition) is 1. The molecule has 1 aliphatic carbocycles. The summed E-state index contributed by atoms with van der Waals surface area (Å²) in [7, 11) is 0. The number of rotatable bonds is 7. The lowest BCUT2D eigenvalue weighted by Gasteiger charge is -2.39. The number of carbonyl (C=O) groups excluding carboxylic acids is 3. The lowest BCUT2D eigenvalue weighted by molar-refractivity contribution is -0.202. The number of piperazine rings is 1. The van der Waals surface area contributed by atoms with Crippen molar-refractivity contribution in [3.8, 4) is 11.1 Å². The lowest BCUT2D eigenvalue weighted by atomic mass is 9.98. The van der Waals surface area contributed by atoms with Crippen molar-refractivity contribution in [2.45, 2.75) is 44.1 Å². The third kappa shape index (κ3) is 6.50. The van der Waals surface area contributed by atoms with Crippen molar-refractivity contribution >= 4 is 18.1 Å². The first-order valence-corrected chi connectivity index (χ1v) is 14.7. The topological polar surface area (TPSA) is 107 Å². The van der Waals surface area contributed by atoms with E-state index in [1.54, 1.807) is 0 Å². The van der Waals surface area contributed by atoms with Crippen LogP contribution in [-0.4, -0.2) is 73.1 Å². The smallest absolute Gasteiger partial charge is 0.410 e. The Morgan fingerprint density at radius 2 is 1.51 bits per heavy atom. The molecule has 2 atom stereocenters. The second kappa shape index (κ2) is 13.3. The third-order valence-corrected chi connectivity index (χ3v) is 8.15. The molecule has 2 aliphatic heterocycles. The summed E-state index contributed by atoms with van der Waals surface area (Å²) in [4.78, 5) is 48.1. The summed E-state index contributed by atoms with van der Waals surface area (Å²) in [6.45, 7) is 0.983. The van der Waals surface area contributed by atoms with Crippen molar-refractivity contribution < 1.29 is 33.4 Å². The molecule has 3 aliphatic rings. The van der Waals surface area contributed by atoms with Crippen LogP contribution in [0.3, 0.4) is 0 Å². The van der Waals surface area contributed by atoms with Crippen LogP contribution in [0.2, 0.25) is 0 Å². The van der Waals surface area contributed by atoms with Gasteiger partial charge in [0.25, 0.3) is 5.91 Å². The lowest BCUT2D eigenvalue weighted by Crippen LogP contribution is -2.61. The predicted octanol–water partition coefficient (Wildman–Crippen LogP) is 4.83. The number of fused-ring (bicyclic) bond motifs is 3. The van der Waals surface area contributed by atoms with Gasteiger partial charge in [-0.05, 0) is 40.7 Å². The van der Waals surface area contributed by atoms with E-state index in [0.29, 0.717) is 13.0 Å². The van der Waals surface area contributed by atoms with Gasteiger partial charge in [0.2, 0.25) is 0 Å². The molecule has 1 unspecified atom stereocenters. The van der Waals surface area contributed by atoms with Gasteiger partial charge in [-0.3, -0.25) is 9.69 Å². The van der Waals surface area contributed by atoms with E-state index in [9.17, 15) is 14.4 Å². The van der Waals surface area contributed by atoms with Gasteiger partial charge in [0.15, 0.2) is 6.29 Å². The molecule has 43 heavy (non-hydrogen) atoms. The van der Waals surface area contributed by atoms with Gasteiger partial charge < -0.3 is 19.1 Å². The molecule has 0 spiro atoms. The molecule has 2 saturated heterocycles.